The molecule has 0 spiro atoms. The molecule has 0 fully saturated rings. The molecular weight excluding hydrogens is 582 g/mol. The van der Waals surface area contributed by atoms with Crippen LogP contribution in [0.1, 0.15) is 69.0 Å². The third-order valence-corrected chi connectivity index (χ3v) is 6.83. The Balaban J connectivity index is 1.90. The Morgan fingerprint density at radius 3 is 2.26 bits per heavy atom. The van der Waals surface area contributed by atoms with Crippen molar-refractivity contribution in [2.75, 3.05) is 21.7 Å². The first-order chi connectivity index (χ1) is 20.1. The molecule has 1 aliphatic rings. The van der Waals surface area contributed by atoms with E-state index >= 15 is 0 Å². The van der Waals surface area contributed by atoms with E-state index in [0.717, 1.165) is 4.80 Å². The maximum Gasteiger partial charge on any atom is 0.416 e. The highest BCUT2D eigenvalue weighted by Gasteiger charge is 2.42. The molecule has 0 unspecified atom stereocenters. The van der Waals surface area contributed by atoms with Gasteiger partial charge < -0.3 is 15.0 Å². The third-order valence-electron chi connectivity index (χ3n) is 6.83. The molecule has 1 aliphatic heterocycles. The number of hydrogen-bond acceptors (Lipinski definition) is 8. The summed E-state index contributed by atoms with van der Waals surface area (Å²) < 4.78 is 87.6. The number of amides is 1. The molecule has 234 valence electrons. The summed E-state index contributed by atoms with van der Waals surface area (Å²) in [6.07, 6.45) is -10.4. The lowest BCUT2D eigenvalue weighted by atomic mass is 9.92. The molecule has 0 bridgehead atoms. The number of carbonyl (C=O) groups is 1. The molecule has 1 amide bonds. The standard InChI is InChI=1S/C27H32F6N8O2/c1-6-19-13-21(23-20(8-9-22(35-23)34-7-2)41(19)25(42)43-15(3)4)40(24-36-38-39(5)37-24)14-16-10-17(26(28,29)30)12-18(11-16)27(31,32)33/h8-12,15,19,21H,6-7,13-14H2,1-5H3,(H,34,35)/t19-,21+/m1/s1. The molecule has 1 aromatic carbocycles. The summed E-state index contributed by atoms with van der Waals surface area (Å²) >= 11 is 0. The van der Waals surface area contributed by atoms with Gasteiger partial charge in [0.15, 0.2) is 0 Å². The van der Waals surface area contributed by atoms with Gasteiger partial charge in [-0.1, -0.05) is 12.0 Å². The summed E-state index contributed by atoms with van der Waals surface area (Å²) in [6.45, 7) is 7.22. The number of rotatable bonds is 8. The van der Waals surface area contributed by atoms with Crippen molar-refractivity contribution in [1.82, 2.24) is 25.2 Å². The topological polar surface area (TPSA) is 101 Å². The van der Waals surface area contributed by atoms with Crippen molar-refractivity contribution in [2.24, 2.45) is 7.05 Å². The first-order valence-corrected chi connectivity index (χ1v) is 13.7. The van der Waals surface area contributed by atoms with E-state index in [4.69, 9.17) is 9.72 Å². The predicted octanol–water partition coefficient (Wildman–Crippen LogP) is 6.36. The SMILES string of the molecule is CCNc1ccc2c(n1)[C@@H](N(Cc1cc(C(F)(F)F)cc(C(F)(F)F)c1)c1nnn(C)n1)C[C@@H](CC)N2C(=O)OC(C)C. The second-order valence-corrected chi connectivity index (χ2v) is 10.4. The number of nitrogens with zero attached hydrogens (tertiary/aromatic N) is 7. The Hall–Kier alpha value is -4.11. The predicted molar refractivity (Wildman–Crippen MR) is 145 cm³/mol. The fourth-order valence-electron chi connectivity index (χ4n) is 5.01. The van der Waals surface area contributed by atoms with Gasteiger partial charge >= 0.3 is 18.4 Å². The number of carbonyl (C=O) groups excluding carboxylic acids is 1. The van der Waals surface area contributed by atoms with Crippen LogP contribution in [0.3, 0.4) is 0 Å². The van der Waals surface area contributed by atoms with Crippen molar-refractivity contribution in [1.29, 1.82) is 0 Å². The summed E-state index contributed by atoms with van der Waals surface area (Å²) in [5.41, 5.74) is -2.40. The molecule has 4 rings (SSSR count). The van der Waals surface area contributed by atoms with E-state index in [2.05, 4.69) is 20.7 Å². The number of ether oxygens (including phenoxy) is 1. The summed E-state index contributed by atoms with van der Waals surface area (Å²) in [5.74, 6) is 0.428. The zero-order chi connectivity index (χ0) is 31.7. The molecule has 2 atom stereocenters. The van der Waals surface area contributed by atoms with Gasteiger partial charge in [0.25, 0.3) is 5.95 Å². The Morgan fingerprint density at radius 1 is 1.09 bits per heavy atom. The Morgan fingerprint density at radius 2 is 1.74 bits per heavy atom. The molecule has 0 radical (unpaired) electrons. The molecule has 10 nitrogen and oxygen atoms in total. The smallest absolute Gasteiger partial charge is 0.416 e. The average Bonchev–Trinajstić information content (AvgIpc) is 3.35. The number of benzene rings is 1. The highest BCUT2D eigenvalue weighted by Crippen LogP contribution is 2.44. The second kappa shape index (κ2) is 12.2. The number of anilines is 3. The molecule has 3 aromatic rings. The number of aryl methyl sites for hydroxylation is 1. The number of tetrazole rings is 1. The molecule has 3 heterocycles. The van der Waals surface area contributed by atoms with E-state index in [0.29, 0.717) is 42.3 Å². The van der Waals surface area contributed by atoms with Gasteiger partial charge in [-0.2, -0.15) is 31.1 Å². The van der Waals surface area contributed by atoms with Crippen LogP contribution in [-0.4, -0.2) is 50.0 Å². The fourth-order valence-corrected chi connectivity index (χ4v) is 5.01. The van der Waals surface area contributed by atoms with Crippen LogP contribution in [-0.2, 0) is 30.7 Å². The molecule has 0 aliphatic carbocycles. The van der Waals surface area contributed by atoms with Crippen molar-refractivity contribution in [3.05, 3.63) is 52.7 Å². The lowest BCUT2D eigenvalue weighted by molar-refractivity contribution is -0.143. The normalized spacial score (nSPS) is 17.2. The van der Waals surface area contributed by atoms with Crippen LogP contribution in [0.4, 0.5) is 48.6 Å². The minimum Gasteiger partial charge on any atom is -0.446 e. The lowest BCUT2D eigenvalue weighted by Crippen LogP contribution is -2.48. The van der Waals surface area contributed by atoms with Gasteiger partial charge in [-0.3, -0.25) is 4.90 Å². The van der Waals surface area contributed by atoms with Gasteiger partial charge in [0, 0.05) is 19.1 Å². The number of fused-ring (bicyclic) bond motifs is 1. The number of alkyl halides is 6. The summed E-state index contributed by atoms with van der Waals surface area (Å²) in [4.78, 5) is 22.1. The quantitative estimate of drug-likeness (QED) is 0.293. The van der Waals surface area contributed by atoms with Gasteiger partial charge in [0.1, 0.15) is 5.82 Å². The number of halogens is 6. The average molecular weight is 615 g/mol. The van der Waals surface area contributed by atoms with Gasteiger partial charge in [-0.15, -0.1) is 5.10 Å². The maximum absolute atomic E-state index is 13.7. The maximum atomic E-state index is 13.7. The molecule has 16 heteroatoms. The summed E-state index contributed by atoms with van der Waals surface area (Å²) in [5, 5.41) is 15.2. The van der Waals surface area contributed by atoms with Gasteiger partial charge in [0.05, 0.1) is 41.7 Å². The van der Waals surface area contributed by atoms with Crippen molar-refractivity contribution in [3.63, 3.8) is 0 Å². The minimum atomic E-state index is -5.02. The zero-order valence-corrected chi connectivity index (χ0v) is 24.2. The first kappa shape index (κ1) is 31.8. The van der Waals surface area contributed by atoms with E-state index in [9.17, 15) is 31.1 Å². The zero-order valence-electron chi connectivity index (χ0n) is 24.2. The van der Waals surface area contributed by atoms with Crippen LogP contribution in [0.2, 0.25) is 0 Å². The highest BCUT2D eigenvalue weighted by atomic mass is 19.4. The first-order valence-electron chi connectivity index (χ1n) is 13.7. The summed E-state index contributed by atoms with van der Waals surface area (Å²) in [7, 11) is 1.48. The molecule has 1 N–H and O–H groups in total. The Labute approximate surface area is 244 Å². The van der Waals surface area contributed by atoms with Crippen LogP contribution >= 0.6 is 0 Å². The molecule has 0 saturated heterocycles. The van der Waals surface area contributed by atoms with E-state index in [1.165, 1.54) is 16.8 Å². The van der Waals surface area contributed by atoms with E-state index in [1.54, 1.807) is 26.0 Å². The molecule has 43 heavy (non-hydrogen) atoms. The Bertz CT molecular complexity index is 1410. The number of nitrogens with one attached hydrogen (secondary N) is 1. The van der Waals surface area contributed by atoms with Gasteiger partial charge in [0.2, 0.25) is 0 Å². The highest BCUT2D eigenvalue weighted by molar-refractivity contribution is 5.90. The lowest BCUT2D eigenvalue weighted by Gasteiger charge is -2.43. The van der Waals surface area contributed by atoms with E-state index in [1.807, 2.05) is 13.8 Å². The van der Waals surface area contributed by atoms with Crippen LogP contribution in [0.5, 0.6) is 0 Å². The number of aromatic nitrogens is 5. The van der Waals surface area contributed by atoms with Crippen molar-refractivity contribution in [2.45, 2.75) is 77.6 Å². The number of hydrogen-bond donors (Lipinski definition) is 1. The molecular formula is C27H32F6N8O2. The minimum absolute atomic E-state index is 0.0341. The fraction of sp³-hybridized carbons (Fsp3) is 0.519. The van der Waals surface area contributed by atoms with Crippen LogP contribution in [0.25, 0.3) is 0 Å². The van der Waals surface area contributed by atoms with Crippen LogP contribution in [0.15, 0.2) is 30.3 Å². The van der Waals surface area contributed by atoms with E-state index < -0.39 is 54.3 Å². The third kappa shape index (κ3) is 7.10. The van der Waals surface area contributed by atoms with Crippen LogP contribution < -0.4 is 15.1 Å². The van der Waals surface area contributed by atoms with Gasteiger partial charge in [-0.05, 0) is 74.7 Å². The van der Waals surface area contributed by atoms with Gasteiger partial charge in [-0.25, -0.2) is 9.78 Å². The number of pyridine rings is 1. The monoisotopic (exact) mass is 614 g/mol. The largest absolute Gasteiger partial charge is 0.446 e. The van der Waals surface area contributed by atoms with Crippen LogP contribution in [0, 0.1) is 0 Å². The summed E-state index contributed by atoms with van der Waals surface area (Å²) in [6, 6.07) is 3.57. The van der Waals surface area contributed by atoms with E-state index in [-0.39, 0.29) is 24.0 Å². The van der Waals surface area contributed by atoms with Crippen molar-refractivity contribution in [3.8, 4) is 0 Å². The van der Waals surface area contributed by atoms with Crippen molar-refractivity contribution < 1.29 is 35.9 Å². The molecule has 0 saturated carbocycles. The second-order valence-electron chi connectivity index (χ2n) is 10.4. The Kier molecular flexibility index (Phi) is 9.06. The molecule has 2 aromatic heterocycles. The van der Waals surface area contributed by atoms with Crippen molar-refractivity contribution >= 4 is 23.5 Å².